The summed E-state index contributed by atoms with van der Waals surface area (Å²) in [6.07, 6.45) is 4.95. The molecule has 0 bridgehead atoms. The van der Waals surface area contributed by atoms with Gasteiger partial charge in [-0.3, -0.25) is 9.97 Å². The normalized spacial score (nSPS) is 10.1. The summed E-state index contributed by atoms with van der Waals surface area (Å²) in [6, 6.07) is 3.88. The lowest BCUT2D eigenvalue weighted by molar-refractivity contribution is 1.17. The monoisotopic (exact) mass is 186 g/mol. The standard InChI is InChI=1S/C10H10N4/c1-7-2-3-8(4-13-7)9-5-12-6-10(11)14-9/h2-6H,1H3,(H2,11,14). The molecular formula is C10H10N4. The van der Waals surface area contributed by atoms with Crippen molar-refractivity contribution in [3.63, 3.8) is 0 Å². The maximum Gasteiger partial charge on any atom is 0.142 e. The van der Waals surface area contributed by atoms with Crippen molar-refractivity contribution in [2.24, 2.45) is 0 Å². The number of anilines is 1. The lowest BCUT2D eigenvalue weighted by Crippen LogP contribution is -1.93. The molecular weight excluding hydrogens is 176 g/mol. The van der Waals surface area contributed by atoms with Crippen LogP contribution in [0.15, 0.2) is 30.7 Å². The van der Waals surface area contributed by atoms with Gasteiger partial charge in [-0.05, 0) is 19.1 Å². The molecule has 2 rings (SSSR count). The second kappa shape index (κ2) is 3.41. The number of hydrogen-bond donors (Lipinski definition) is 1. The maximum atomic E-state index is 5.53. The molecule has 70 valence electrons. The summed E-state index contributed by atoms with van der Waals surface area (Å²) in [5.41, 5.74) is 8.18. The van der Waals surface area contributed by atoms with E-state index in [4.69, 9.17) is 5.73 Å². The van der Waals surface area contributed by atoms with E-state index >= 15 is 0 Å². The molecule has 14 heavy (non-hydrogen) atoms. The average Bonchev–Trinajstić information content (AvgIpc) is 2.19. The quantitative estimate of drug-likeness (QED) is 0.731. The largest absolute Gasteiger partial charge is 0.382 e. The van der Waals surface area contributed by atoms with Crippen molar-refractivity contribution in [2.75, 3.05) is 5.73 Å². The lowest BCUT2D eigenvalue weighted by atomic mass is 10.2. The first-order valence-corrected chi connectivity index (χ1v) is 4.26. The smallest absolute Gasteiger partial charge is 0.142 e. The highest BCUT2D eigenvalue weighted by molar-refractivity contribution is 5.58. The Morgan fingerprint density at radius 2 is 2.00 bits per heavy atom. The first kappa shape index (κ1) is 8.62. The van der Waals surface area contributed by atoms with E-state index in [1.807, 2.05) is 19.1 Å². The van der Waals surface area contributed by atoms with Crippen molar-refractivity contribution >= 4 is 5.82 Å². The first-order chi connectivity index (χ1) is 6.75. The Hall–Kier alpha value is -1.97. The zero-order valence-electron chi connectivity index (χ0n) is 7.81. The van der Waals surface area contributed by atoms with Gasteiger partial charge in [-0.15, -0.1) is 0 Å². The fourth-order valence-corrected chi connectivity index (χ4v) is 1.14. The van der Waals surface area contributed by atoms with Gasteiger partial charge >= 0.3 is 0 Å². The van der Waals surface area contributed by atoms with E-state index in [0.29, 0.717) is 5.82 Å². The van der Waals surface area contributed by atoms with E-state index in [9.17, 15) is 0 Å². The van der Waals surface area contributed by atoms with Gasteiger partial charge in [0.1, 0.15) is 5.82 Å². The molecule has 2 heterocycles. The van der Waals surface area contributed by atoms with Crippen LogP contribution >= 0.6 is 0 Å². The minimum absolute atomic E-state index is 0.420. The van der Waals surface area contributed by atoms with Gasteiger partial charge < -0.3 is 5.73 Å². The number of hydrogen-bond acceptors (Lipinski definition) is 4. The molecule has 0 aliphatic carbocycles. The number of nitrogen functional groups attached to an aromatic ring is 1. The fraction of sp³-hybridized carbons (Fsp3) is 0.100. The molecule has 4 nitrogen and oxygen atoms in total. The Morgan fingerprint density at radius 3 is 2.64 bits per heavy atom. The van der Waals surface area contributed by atoms with E-state index in [0.717, 1.165) is 17.0 Å². The molecule has 0 aromatic carbocycles. The molecule has 0 radical (unpaired) electrons. The van der Waals surface area contributed by atoms with Gasteiger partial charge in [-0.1, -0.05) is 0 Å². The van der Waals surface area contributed by atoms with E-state index in [1.54, 1.807) is 12.4 Å². The third-order valence-corrected chi connectivity index (χ3v) is 1.86. The Morgan fingerprint density at radius 1 is 1.14 bits per heavy atom. The van der Waals surface area contributed by atoms with Crippen LogP contribution in [0.4, 0.5) is 5.82 Å². The van der Waals surface area contributed by atoms with Crippen LogP contribution in [0.2, 0.25) is 0 Å². The van der Waals surface area contributed by atoms with Crippen molar-refractivity contribution in [3.8, 4) is 11.3 Å². The Bertz CT molecular complexity index is 436. The van der Waals surface area contributed by atoms with Crippen molar-refractivity contribution in [1.82, 2.24) is 15.0 Å². The molecule has 0 fully saturated rings. The number of aromatic nitrogens is 3. The summed E-state index contributed by atoms with van der Waals surface area (Å²) in [4.78, 5) is 12.3. The Kier molecular flexibility index (Phi) is 2.10. The zero-order chi connectivity index (χ0) is 9.97. The molecule has 0 unspecified atom stereocenters. The van der Waals surface area contributed by atoms with Crippen LogP contribution in [-0.2, 0) is 0 Å². The van der Waals surface area contributed by atoms with Crippen molar-refractivity contribution < 1.29 is 0 Å². The van der Waals surface area contributed by atoms with Crippen LogP contribution < -0.4 is 5.73 Å². The van der Waals surface area contributed by atoms with Crippen LogP contribution in [0.3, 0.4) is 0 Å². The van der Waals surface area contributed by atoms with E-state index < -0.39 is 0 Å². The van der Waals surface area contributed by atoms with Gasteiger partial charge in [0, 0.05) is 17.5 Å². The fourth-order valence-electron chi connectivity index (χ4n) is 1.14. The predicted molar refractivity (Wildman–Crippen MR) is 54.4 cm³/mol. The van der Waals surface area contributed by atoms with Gasteiger partial charge in [-0.25, -0.2) is 4.98 Å². The van der Waals surface area contributed by atoms with Gasteiger partial charge in [0.2, 0.25) is 0 Å². The first-order valence-electron chi connectivity index (χ1n) is 4.26. The molecule has 0 amide bonds. The highest BCUT2D eigenvalue weighted by Gasteiger charge is 1.99. The number of pyridine rings is 1. The van der Waals surface area contributed by atoms with Crippen LogP contribution in [-0.4, -0.2) is 15.0 Å². The second-order valence-corrected chi connectivity index (χ2v) is 3.02. The van der Waals surface area contributed by atoms with Crippen LogP contribution in [0.1, 0.15) is 5.69 Å². The van der Waals surface area contributed by atoms with Crippen molar-refractivity contribution in [2.45, 2.75) is 6.92 Å². The number of aryl methyl sites for hydroxylation is 1. The highest BCUT2D eigenvalue weighted by Crippen LogP contribution is 2.15. The molecule has 0 spiro atoms. The van der Waals surface area contributed by atoms with E-state index in [2.05, 4.69) is 15.0 Å². The van der Waals surface area contributed by atoms with Crippen LogP contribution in [0, 0.1) is 6.92 Å². The second-order valence-electron chi connectivity index (χ2n) is 3.02. The number of rotatable bonds is 1. The lowest BCUT2D eigenvalue weighted by Gasteiger charge is -2.00. The molecule has 0 atom stereocenters. The van der Waals surface area contributed by atoms with E-state index in [1.165, 1.54) is 6.20 Å². The summed E-state index contributed by atoms with van der Waals surface area (Å²) in [5.74, 6) is 0.420. The highest BCUT2D eigenvalue weighted by atomic mass is 14.9. The molecule has 0 saturated heterocycles. The summed E-state index contributed by atoms with van der Waals surface area (Å²) in [6.45, 7) is 1.94. The summed E-state index contributed by atoms with van der Waals surface area (Å²) >= 11 is 0. The van der Waals surface area contributed by atoms with E-state index in [-0.39, 0.29) is 0 Å². The van der Waals surface area contributed by atoms with Crippen molar-refractivity contribution in [3.05, 3.63) is 36.4 Å². The maximum absolute atomic E-state index is 5.53. The molecule has 0 aliphatic heterocycles. The summed E-state index contributed by atoms with van der Waals surface area (Å²) < 4.78 is 0. The van der Waals surface area contributed by atoms with Gasteiger partial charge in [0.25, 0.3) is 0 Å². The minimum Gasteiger partial charge on any atom is -0.382 e. The third-order valence-electron chi connectivity index (χ3n) is 1.86. The van der Waals surface area contributed by atoms with Gasteiger partial charge in [0.15, 0.2) is 0 Å². The molecule has 4 heteroatoms. The number of nitrogens with two attached hydrogens (primary N) is 1. The van der Waals surface area contributed by atoms with Crippen molar-refractivity contribution in [1.29, 1.82) is 0 Å². The Balaban J connectivity index is 2.44. The topological polar surface area (TPSA) is 64.7 Å². The molecule has 0 aliphatic rings. The molecule has 2 aromatic heterocycles. The molecule has 2 N–H and O–H groups in total. The van der Waals surface area contributed by atoms with Gasteiger partial charge in [0.05, 0.1) is 18.1 Å². The molecule has 0 saturated carbocycles. The van der Waals surface area contributed by atoms with Crippen LogP contribution in [0.5, 0.6) is 0 Å². The predicted octanol–water partition coefficient (Wildman–Crippen LogP) is 1.43. The zero-order valence-corrected chi connectivity index (χ0v) is 7.81. The van der Waals surface area contributed by atoms with Gasteiger partial charge in [-0.2, -0.15) is 0 Å². The SMILES string of the molecule is Cc1ccc(-c2cncc(N)n2)cn1. The third kappa shape index (κ3) is 1.69. The summed E-state index contributed by atoms with van der Waals surface area (Å²) in [7, 11) is 0. The Labute approximate surface area is 81.9 Å². The summed E-state index contributed by atoms with van der Waals surface area (Å²) in [5, 5.41) is 0. The van der Waals surface area contributed by atoms with Crippen LogP contribution in [0.25, 0.3) is 11.3 Å². The average molecular weight is 186 g/mol. The minimum atomic E-state index is 0.420. The number of nitrogens with zero attached hydrogens (tertiary/aromatic N) is 3. The molecule has 2 aromatic rings.